The molecule has 0 bridgehead atoms. The number of hydrogen-bond acceptors (Lipinski definition) is 5. The van der Waals surface area contributed by atoms with Crippen LogP contribution in [0.3, 0.4) is 0 Å². The minimum atomic E-state index is -1.09. The second kappa shape index (κ2) is 6.43. The molecule has 0 saturated carbocycles. The molecule has 2 aromatic rings. The highest BCUT2D eigenvalue weighted by Gasteiger charge is 2.27. The largest absolute Gasteiger partial charge is 0.478 e. The highest BCUT2D eigenvalue weighted by atomic mass is 16.6. The van der Waals surface area contributed by atoms with Crippen LogP contribution in [0, 0.1) is 0 Å². The van der Waals surface area contributed by atoms with Crippen LogP contribution in [0.25, 0.3) is 0 Å². The molecule has 0 radical (unpaired) electrons. The molecule has 1 amide bonds. The maximum absolute atomic E-state index is 12.5. The summed E-state index contributed by atoms with van der Waals surface area (Å²) in [5, 5.41) is 9.12. The Balaban J connectivity index is 2.48. The van der Waals surface area contributed by atoms with Gasteiger partial charge in [-0.3, -0.25) is 0 Å². The van der Waals surface area contributed by atoms with Crippen molar-refractivity contribution in [3.8, 4) is 0 Å². The minimum Gasteiger partial charge on any atom is -0.478 e. The number of anilines is 2. The average Bonchev–Trinajstić information content (AvgIpc) is 2.47. The third-order valence-corrected chi connectivity index (χ3v) is 2.68. The molecule has 1 N–H and O–H groups in total. The van der Waals surface area contributed by atoms with Crippen LogP contribution in [-0.2, 0) is 4.74 Å². The van der Waals surface area contributed by atoms with Crippen molar-refractivity contribution in [2.75, 3.05) is 4.90 Å². The molecule has 0 atom stereocenters. The van der Waals surface area contributed by atoms with Gasteiger partial charge in [-0.2, -0.15) is 0 Å². The fraction of sp³-hybridized carbons (Fsp3) is 0.250. The number of nitrogens with zero attached hydrogens (tertiary/aromatic N) is 3. The summed E-state index contributed by atoms with van der Waals surface area (Å²) < 4.78 is 5.37. The smallest absolute Gasteiger partial charge is 0.421 e. The monoisotopic (exact) mass is 315 g/mol. The summed E-state index contributed by atoms with van der Waals surface area (Å²) in [7, 11) is 0. The quantitative estimate of drug-likeness (QED) is 0.934. The zero-order valence-electron chi connectivity index (χ0n) is 13.1. The average molecular weight is 315 g/mol. The Morgan fingerprint density at radius 1 is 1.13 bits per heavy atom. The second-order valence-corrected chi connectivity index (χ2v) is 5.72. The van der Waals surface area contributed by atoms with E-state index >= 15 is 0 Å². The number of carboxylic acid groups (broad SMARTS) is 1. The number of rotatable bonds is 3. The van der Waals surface area contributed by atoms with Gasteiger partial charge in [0, 0.05) is 12.4 Å². The topological polar surface area (TPSA) is 92.6 Å². The van der Waals surface area contributed by atoms with Gasteiger partial charge in [-0.25, -0.2) is 24.5 Å². The number of ether oxygens (including phenoxy) is 1. The van der Waals surface area contributed by atoms with E-state index in [-0.39, 0.29) is 11.5 Å². The van der Waals surface area contributed by atoms with Crippen molar-refractivity contribution in [1.29, 1.82) is 0 Å². The van der Waals surface area contributed by atoms with Crippen LogP contribution in [0.2, 0.25) is 0 Å². The van der Waals surface area contributed by atoms with Gasteiger partial charge in [0.25, 0.3) is 0 Å². The number of amides is 1. The lowest BCUT2D eigenvalue weighted by Crippen LogP contribution is -2.34. The molecule has 0 aliphatic heterocycles. The number of carbonyl (C=O) groups is 2. The maximum Gasteiger partial charge on any atom is 0.421 e. The van der Waals surface area contributed by atoms with Crippen LogP contribution in [0.1, 0.15) is 31.1 Å². The molecule has 0 fully saturated rings. The fourth-order valence-corrected chi connectivity index (χ4v) is 1.79. The summed E-state index contributed by atoms with van der Waals surface area (Å²) in [5.41, 5.74) is -0.355. The molecule has 0 saturated heterocycles. The number of carboxylic acids is 1. The van der Waals surface area contributed by atoms with Crippen molar-refractivity contribution in [3.05, 3.63) is 48.3 Å². The maximum atomic E-state index is 12.5. The van der Waals surface area contributed by atoms with E-state index in [2.05, 4.69) is 9.97 Å². The van der Waals surface area contributed by atoms with Crippen LogP contribution in [0.15, 0.2) is 42.7 Å². The van der Waals surface area contributed by atoms with Crippen LogP contribution >= 0.6 is 0 Å². The van der Waals surface area contributed by atoms with Gasteiger partial charge >= 0.3 is 12.1 Å². The molecule has 2 rings (SSSR count). The van der Waals surface area contributed by atoms with E-state index in [9.17, 15) is 9.59 Å². The highest BCUT2D eigenvalue weighted by molar-refractivity contribution is 5.96. The normalized spacial score (nSPS) is 10.9. The van der Waals surface area contributed by atoms with E-state index in [0.29, 0.717) is 5.69 Å². The molecule has 0 aliphatic carbocycles. The lowest BCUT2D eigenvalue weighted by Gasteiger charge is -2.26. The molecule has 1 aromatic heterocycles. The number of aromatic carboxylic acids is 1. The van der Waals surface area contributed by atoms with Crippen LogP contribution in [0.4, 0.5) is 16.4 Å². The van der Waals surface area contributed by atoms with Gasteiger partial charge in [0.1, 0.15) is 5.60 Å². The van der Waals surface area contributed by atoms with Crippen molar-refractivity contribution in [2.45, 2.75) is 26.4 Å². The van der Waals surface area contributed by atoms with Crippen molar-refractivity contribution in [1.82, 2.24) is 9.97 Å². The third-order valence-electron chi connectivity index (χ3n) is 2.68. The number of benzene rings is 1. The van der Waals surface area contributed by atoms with E-state index in [0.717, 1.165) is 4.90 Å². The van der Waals surface area contributed by atoms with Gasteiger partial charge < -0.3 is 9.84 Å². The Hall–Kier alpha value is -2.96. The molecule has 0 unspecified atom stereocenters. The van der Waals surface area contributed by atoms with Crippen LogP contribution in [-0.4, -0.2) is 32.7 Å². The van der Waals surface area contributed by atoms with E-state index in [1.807, 2.05) is 0 Å². The predicted octanol–water partition coefficient (Wildman–Crippen LogP) is 3.25. The molecule has 0 aliphatic rings. The van der Waals surface area contributed by atoms with Crippen molar-refractivity contribution >= 4 is 23.7 Å². The van der Waals surface area contributed by atoms with E-state index in [4.69, 9.17) is 9.84 Å². The van der Waals surface area contributed by atoms with E-state index < -0.39 is 17.7 Å². The first-order chi connectivity index (χ1) is 10.8. The van der Waals surface area contributed by atoms with Crippen LogP contribution in [0.5, 0.6) is 0 Å². The first-order valence-corrected chi connectivity index (χ1v) is 6.91. The summed E-state index contributed by atoms with van der Waals surface area (Å²) >= 11 is 0. The molecule has 1 heterocycles. The second-order valence-electron chi connectivity index (χ2n) is 5.72. The molecular weight excluding hydrogens is 298 g/mol. The zero-order valence-corrected chi connectivity index (χ0v) is 13.1. The fourth-order valence-electron chi connectivity index (χ4n) is 1.79. The van der Waals surface area contributed by atoms with Gasteiger partial charge in [-0.05, 0) is 45.0 Å². The van der Waals surface area contributed by atoms with E-state index in [1.54, 1.807) is 39.0 Å². The number of aromatic nitrogens is 2. The number of hydrogen-bond donors (Lipinski definition) is 1. The lowest BCUT2D eigenvalue weighted by atomic mass is 10.2. The predicted molar refractivity (Wildman–Crippen MR) is 83.8 cm³/mol. The first kappa shape index (κ1) is 16.4. The van der Waals surface area contributed by atoms with Crippen molar-refractivity contribution in [2.24, 2.45) is 0 Å². The van der Waals surface area contributed by atoms with Gasteiger partial charge in [0.15, 0.2) is 0 Å². The summed E-state index contributed by atoms with van der Waals surface area (Å²) in [5.74, 6) is -0.991. The molecule has 0 spiro atoms. The summed E-state index contributed by atoms with van der Waals surface area (Å²) in [6, 6.07) is 7.55. The Bertz CT molecular complexity index is 711. The lowest BCUT2D eigenvalue weighted by molar-refractivity contribution is 0.0595. The SMILES string of the molecule is CC(C)(C)OC(=O)N(c1cccc(C(=O)O)c1)c1ncccn1. The zero-order chi connectivity index (χ0) is 17.0. The summed E-state index contributed by atoms with van der Waals surface area (Å²) in [6.45, 7) is 5.22. The number of carbonyl (C=O) groups excluding carboxylic acids is 1. The highest BCUT2D eigenvalue weighted by Crippen LogP contribution is 2.25. The van der Waals surface area contributed by atoms with Crippen molar-refractivity contribution in [3.63, 3.8) is 0 Å². The molecule has 7 heteroatoms. The van der Waals surface area contributed by atoms with Gasteiger partial charge in [-0.15, -0.1) is 0 Å². The Morgan fingerprint density at radius 3 is 2.35 bits per heavy atom. The third kappa shape index (κ3) is 4.26. The standard InChI is InChI=1S/C16H17N3O4/c1-16(2,3)23-15(22)19(14-17-8-5-9-18-14)12-7-4-6-11(10-12)13(20)21/h4-10H,1-3H3,(H,20,21). The Kier molecular flexibility index (Phi) is 4.59. The molecule has 120 valence electrons. The Labute approximate surface area is 133 Å². The van der Waals surface area contributed by atoms with Crippen LogP contribution < -0.4 is 4.90 Å². The molecule has 23 heavy (non-hydrogen) atoms. The summed E-state index contributed by atoms with van der Waals surface area (Å²) in [6.07, 6.45) is 2.29. The molecular formula is C16H17N3O4. The van der Waals surface area contributed by atoms with E-state index in [1.165, 1.54) is 24.5 Å². The van der Waals surface area contributed by atoms with Crippen molar-refractivity contribution < 1.29 is 19.4 Å². The van der Waals surface area contributed by atoms with Gasteiger partial charge in [0.05, 0.1) is 11.3 Å². The molecule has 7 nitrogen and oxygen atoms in total. The van der Waals surface area contributed by atoms with Gasteiger partial charge in [-0.1, -0.05) is 6.07 Å². The Morgan fingerprint density at radius 2 is 1.78 bits per heavy atom. The van der Waals surface area contributed by atoms with Gasteiger partial charge in [0.2, 0.25) is 5.95 Å². The summed E-state index contributed by atoms with van der Waals surface area (Å²) in [4.78, 5) is 32.9. The molecule has 1 aromatic carbocycles. The minimum absolute atomic E-state index is 0.0481. The first-order valence-electron chi connectivity index (χ1n) is 6.91.